The highest BCUT2D eigenvalue weighted by atomic mass is 32.2. The first-order valence-corrected chi connectivity index (χ1v) is 16.4. The molecule has 0 saturated carbocycles. The molecule has 0 radical (unpaired) electrons. The molecule has 0 unspecified atom stereocenters. The molecule has 0 amide bonds. The summed E-state index contributed by atoms with van der Waals surface area (Å²) < 4.78 is 28.3. The third-order valence-corrected chi connectivity index (χ3v) is 16.7. The van der Waals surface area contributed by atoms with E-state index >= 15 is 0 Å². The van der Waals surface area contributed by atoms with E-state index in [0.29, 0.717) is 16.6 Å². The molecule has 0 fully saturated rings. The Morgan fingerprint density at radius 2 is 1.20 bits per heavy atom. The summed E-state index contributed by atoms with van der Waals surface area (Å²) in [4.78, 5) is 0. The largest absolute Gasteiger partial charge is 0.306 e. The second kappa shape index (κ2) is 7.33. The molecular weight excluding hydrogens is 364 g/mol. The summed E-state index contributed by atoms with van der Waals surface area (Å²) in [6.07, 6.45) is 3.89. The SMILES string of the molecule is CC(C)[Si](c1cn(S(=O)(=O)N(C)C)cc1[Si](C)(C)C)(C(C)C)C(C)C. The van der Waals surface area contributed by atoms with Gasteiger partial charge < -0.3 is 0 Å². The number of aromatic nitrogens is 1. The molecular formula is C18H38N2O2SSi2. The Kier molecular flexibility index (Phi) is 6.64. The van der Waals surface area contributed by atoms with E-state index in [1.54, 1.807) is 14.1 Å². The zero-order valence-corrected chi connectivity index (χ0v) is 20.8. The Labute approximate surface area is 157 Å². The topological polar surface area (TPSA) is 42.3 Å². The molecule has 146 valence electrons. The van der Waals surface area contributed by atoms with E-state index in [9.17, 15) is 8.42 Å². The predicted molar refractivity (Wildman–Crippen MR) is 116 cm³/mol. The Morgan fingerprint density at radius 3 is 1.48 bits per heavy atom. The lowest BCUT2D eigenvalue weighted by molar-refractivity contribution is 0.511. The molecule has 1 heterocycles. The van der Waals surface area contributed by atoms with Crippen LogP contribution in [0.1, 0.15) is 41.5 Å². The van der Waals surface area contributed by atoms with Gasteiger partial charge in [0.25, 0.3) is 0 Å². The summed E-state index contributed by atoms with van der Waals surface area (Å²) in [5.41, 5.74) is 1.67. The molecule has 0 bridgehead atoms. The molecule has 0 saturated heterocycles. The molecule has 0 atom stereocenters. The van der Waals surface area contributed by atoms with E-state index in [2.05, 4.69) is 61.2 Å². The average Bonchev–Trinajstić information content (AvgIpc) is 2.83. The Bertz CT molecular complexity index is 677. The molecule has 4 nitrogen and oxygen atoms in total. The highest BCUT2D eigenvalue weighted by Gasteiger charge is 2.47. The molecule has 1 aromatic heterocycles. The smallest absolute Gasteiger partial charge is 0.241 e. The molecule has 0 aliphatic carbocycles. The molecule has 0 spiro atoms. The Balaban J connectivity index is 3.93. The van der Waals surface area contributed by atoms with Gasteiger partial charge in [0, 0.05) is 26.5 Å². The summed E-state index contributed by atoms with van der Waals surface area (Å²) in [5, 5.41) is 2.69. The minimum absolute atomic E-state index is 0.556. The fourth-order valence-electron chi connectivity index (χ4n) is 4.63. The lowest BCUT2D eigenvalue weighted by Crippen LogP contribution is -2.63. The third-order valence-electron chi connectivity index (χ3n) is 5.67. The van der Waals surface area contributed by atoms with Crippen molar-refractivity contribution in [3.05, 3.63) is 12.4 Å². The molecule has 0 aliphatic heterocycles. The van der Waals surface area contributed by atoms with Crippen molar-refractivity contribution in [2.75, 3.05) is 14.1 Å². The van der Waals surface area contributed by atoms with Crippen LogP contribution in [0.2, 0.25) is 36.3 Å². The van der Waals surface area contributed by atoms with Crippen molar-refractivity contribution < 1.29 is 8.42 Å². The molecule has 0 aromatic carbocycles. The van der Waals surface area contributed by atoms with Gasteiger partial charge in [-0.15, -0.1) is 0 Å². The van der Waals surface area contributed by atoms with Gasteiger partial charge >= 0.3 is 10.2 Å². The van der Waals surface area contributed by atoms with Crippen LogP contribution in [0.25, 0.3) is 0 Å². The number of nitrogens with zero attached hydrogens (tertiary/aromatic N) is 2. The van der Waals surface area contributed by atoms with Gasteiger partial charge in [-0.05, 0) is 27.0 Å². The molecule has 1 rings (SSSR count). The van der Waals surface area contributed by atoms with Crippen molar-refractivity contribution in [1.82, 2.24) is 8.28 Å². The molecule has 7 heteroatoms. The lowest BCUT2D eigenvalue weighted by atomic mass is 10.5. The van der Waals surface area contributed by atoms with Crippen molar-refractivity contribution in [3.8, 4) is 0 Å². The maximum atomic E-state index is 12.8. The van der Waals surface area contributed by atoms with Crippen molar-refractivity contribution in [2.45, 2.75) is 77.8 Å². The lowest BCUT2D eigenvalue weighted by Gasteiger charge is -2.44. The summed E-state index contributed by atoms with van der Waals surface area (Å²) in [7, 11) is -3.89. The highest BCUT2D eigenvalue weighted by Crippen LogP contribution is 2.41. The minimum Gasteiger partial charge on any atom is -0.241 e. The summed E-state index contributed by atoms with van der Waals surface area (Å²) in [6.45, 7) is 20.9. The Morgan fingerprint density at radius 1 is 0.840 bits per heavy atom. The van der Waals surface area contributed by atoms with Crippen LogP contribution in [-0.2, 0) is 10.2 Å². The fourth-order valence-corrected chi connectivity index (χ4v) is 15.6. The van der Waals surface area contributed by atoms with Gasteiger partial charge in [0.1, 0.15) is 0 Å². The van der Waals surface area contributed by atoms with Gasteiger partial charge in [0.15, 0.2) is 0 Å². The maximum Gasteiger partial charge on any atom is 0.306 e. The molecule has 1 aromatic rings. The van der Waals surface area contributed by atoms with E-state index in [-0.39, 0.29) is 0 Å². The van der Waals surface area contributed by atoms with E-state index < -0.39 is 26.4 Å². The van der Waals surface area contributed by atoms with Crippen molar-refractivity contribution in [2.24, 2.45) is 0 Å². The third kappa shape index (κ3) is 3.84. The summed E-state index contributed by atoms with van der Waals surface area (Å²) >= 11 is 0. The van der Waals surface area contributed by atoms with E-state index in [1.165, 1.54) is 18.7 Å². The van der Waals surface area contributed by atoms with Gasteiger partial charge in [0.2, 0.25) is 0 Å². The van der Waals surface area contributed by atoms with Gasteiger partial charge in [0.05, 0.1) is 16.1 Å². The van der Waals surface area contributed by atoms with Crippen LogP contribution in [0.15, 0.2) is 12.4 Å². The number of rotatable bonds is 7. The molecule has 0 N–H and O–H groups in total. The molecule has 0 aliphatic rings. The number of hydrogen-bond donors (Lipinski definition) is 0. The minimum atomic E-state index is -3.48. The Hall–Kier alpha value is -0.376. The van der Waals surface area contributed by atoms with Gasteiger partial charge in [-0.2, -0.15) is 12.7 Å². The van der Waals surface area contributed by atoms with Crippen LogP contribution in [0.5, 0.6) is 0 Å². The van der Waals surface area contributed by atoms with Gasteiger partial charge in [-0.1, -0.05) is 61.2 Å². The molecule has 25 heavy (non-hydrogen) atoms. The quantitative estimate of drug-likeness (QED) is 0.654. The van der Waals surface area contributed by atoms with Crippen molar-refractivity contribution >= 4 is 36.7 Å². The number of hydrogen-bond acceptors (Lipinski definition) is 2. The van der Waals surface area contributed by atoms with Gasteiger partial charge in [-0.25, -0.2) is 3.97 Å². The zero-order chi connectivity index (χ0) is 20.0. The summed E-state index contributed by atoms with van der Waals surface area (Å²) in [5.74, 6) is 0. The van der Waals surface area contributed by atoms with Crippen LogP contribution in [0.4, 0.5) is 0 Å². The fraction of sp³-hybridized carbons (Fsp3) is 0.778. The zero-order valence-electron chi connectivity index (χ0n) is 18.0. The first-order valence-electron chi connectivity index (χ1n) is 9.27. The first-order chi connectivity index (χ1) is 11.1. The van der Waals surface area contributed by atoms with Crippen molar-refractivity contribution in [1.29, 1.82) is 0 Å². The van der Waals surface area contributed by atoms with Gasteiger partial charge in [-0.3, -0.25) is 0 Å². The van der Waals surface area contributed by atoms with E-state index in [4.69, 9.17) is 0 Å². The van der Waals surface area contributed by atoms with E-state index in [1.807, 2.05) is 12.4 Å². The highest BCUT2D eigenvalue weighted by molar-refractivity contribution is 7.87. The standard InChI is InChI=1S/C18H38N2O2SSi2/c1-14(2)25(15(3)4,16(5)6)18-13-20(23(21,22)19(7)8)12-17(18)24(9,10)11/h12-16H,1-11H3. The van der Waals surface area contributed by atoms with E-state index in [0.717, 1.165) is 0 Å². The van der Waals surface area contributed by atoms with Crippen LogP contribution < -0.4 is 10.4 Å². The monoisotopic (exact) mass is 402 g/mol. The van der Waals surface area contributed by atoms with Crippen molar-refractivity contribution in [3.63, 3.8) is 0 Å². The first kappa shape index (κ1) is 22.7. The summed E-state index contributed by atoms with van der Waals surface area (Å²) in [6, 6.07) is 0. The normalized spacial score (nSPS) is 14.4. The van der Waals surface area contributed by atoms with Crippen LogP contribution >= 0.6 is 0 Å². The van der Waals surface area contributed by atoms with Crippen LogP contribution in [-0.4, -0.2) is 46.9 Å². The maximum absolute atomic E-state index is 12.8. The average molecular weight is 403 g/mol. The second-order valence-electron chi connectivity index (χ2n) is 9.35. The predicted octanol–water partition coefficient (Wildman–Crippen LogP) is 3.57. The van der Waals surface area contributed by atoms with Crippen LogP contribution in [0.3, 0.4) is 0 Å². The van der Waals surface area contributed by atoms with Crippen LogP contribution in [0, 0.1) is 0 Å². The second-order valence-corrected chi connectivity index (χ2v) is 22.3.